The summed E-state index contributed by atoms with van der Waals surface area (Å²) in [6.07, 6.45) is 4.55. The van der Waals surface area contributed by atoms with E-state index in [4.69, 9.17) is 15.2 Å². The van der Waals surface area contributed by atoms with Crippen molar-refractivity contribution in [3.63, 3.8) is 0 Å². The quantitative estimate of drug-likeness (QED) is 0.319. The molecule has 0 saturated heterocycles. The number of anilines is 1. The second kappa shape index (κ2) is 11.9. The summed E-state index contributed by atoms with van der Waals surface area (Å²) in [5.41, 5.74) is 12.8. The number of hydrogen-bond donors (Lipinski definition) is 2. The molecule has 3 aromatic rings. The Balaban J connectivity index is 1.62. The summed E-state index contributed by atoms with van der Waals surface area (Å²) in [7, 11) is 3.63. The van der Waals surface area contributed by atoms with E-state index >= 15 is 4.39 Å². The molecule has 1 aliphatic rings. The van der Waals surface area contributed by atoms with Gasteiger partial charge in [-0.2, -0.15) is 0 Å². The number of likely N-dealkylation sites (N-methyl/N-ethyl adjacent to an activating group) is 1. The highest BCUT2D eigenvalue weighted by atomic mass is 19.1. The molecule has 198 valence electrons. The molecule has 0 saturated carbocycles. The van der Waals surface area contributed by atoms with E-state index in [9.17, 15) is 5.11 Å². The number of hydrogen-bond acceptors (Lipinski definition) is 5. The van der Waals surface area contributed by atoms with Gasteiger partial charge in [-0.1, -0.05) is 32.0 Å². The number of benzene rings is 3. The number of halogens is 1. The molecule has 0 aromatic heterocycles. The summed E-state index contributed by atoms with van der Waals surface area (Å²) in [6, 6.07) is 12.7. The zero-order valence-corrected chi connectivity index (χ0v) is 22.4. The van der Waals surface area contributed by atoms with Gasteiger partial charge in [0.2, 0.25) is 0 Å². The number of phenols is 1. The van der Waals surface area contributed by atoms with Gasteiger partial charge in [0.1, 0.15) is 18.1 Å². The molecule has 0 fully saturated rings. The van der Waals surface area contributed by atoms with Crippen molar-refractivity contribution in [1.29, 1.82) is 0 Å². The SMILES string of the molecule is COc1ccc(-c2c(O)ccc3c2CCCC3)c(Cc2ccc(OCCN(C)CC(C)C)c(F)c2)c1N. The molecule has 6 heteroatoms. The van der Waals surface area contributed by atoms with Crippen LogP contribution in [0.2, 0.25) is 0 Å². The maximum absolute atomic E-state index is 15.0. The van der Waals surface area contributed by atoms with Crippen LogP contribution in [0.15, 0.2) is 42.5 Å². The van der Waals surface area contributed by atoms with Gasteiger partial charge in [0.25, 0.3) is 0 Å². The summed E-state index contributed by atoms with van der Waals surface area (Å²) in [5, 5.41) is 10.9. The maximum Gasteiger partial charge on any atom is 0.165 e. The van der Waals surface area contributed by atoms with Gasteiger partial charge < -0.3 is 25.2 Å². The highest BCUT2D eigenvalue weighted by Crippen LogP contribution is 2.43. The first-order chi connectivity index (χ1) is 17.8. The second-order valence-corrected chi connectivity index (χ2v) is 10.5. The zero-order chi connectivity index (χ0) is 26.5. The van der Waals surface area contributed by atoms with Crippen LogP contribution in [0.5, 0.6) is 17.2 Å². The van der Waals surface area contributed by atoms with E-state index in [0.29, 0.717) is 30.4 Å². The number of rotatable bonds is 10. The van der Waals surface area contributed by atoms with Crippen molar-refractivity contribution in [3.05, 3.63) is 70.5 Å². The van der Waals surface area contributed by atoms with Crippen LogP contribution in [0.1, 0.15) is 48.9 Å². The molecule has 0 unspecified atom stereocenters. The van der Waals surface area contributed by atoms with E-state index in [1.165, 1.54) is 17.2 Å². The van der Waals surface area contributed by atoms with Crippen molar-refractivity contribution in [2.45, 2.75) is 46.0 Å². The molecular formula is C31H39FN2O3. The summed E-state index contributed by atoms with van der Waals surface area (Å²) < 4.78 is 26.2. The highest BCUT2D eigenvalue weighted by Gasteiger charge is 2.22. The van der Waals surface area contributed by atoms with E-state index in [-0.39, 0.29) is 11.5 Å². The Labute approximate surface area is 220 Å². The van der Waals surface area contributed by atoms with Gasteiger partial charge >= 0.3 is 0 Å². The molecule has 0 atom stereocenters. The third-order valence-corrected chi connectivity index (χ3v) is 7.10. The van der Waals surface area contributed by atoms with Crippen LogP contribution in [-0.4, -0.2) is 43.9 Å². The van der Waals surface area contributed by atoms with Gasteiger partial charge in [-0.25, -0.2) is 4.39 Å². The number of nitrogen functional groups attached to an aromatic ring is 1. The summed E-state index contributed by atoms with van der Waals surface area (Å²) >= 11 is 0. The molecule has 0 spiro atoms. The molecule has 3 N–H and O–H groups in total. The number of aryl methyl sites for hydroxylation is 1. The number of phenolic OH excluding ortho intramolecular Hbond substituents is 1. The van der Waals surface area contributed by atoms with E-state index in [1.807, 2.05) is 31.3 Å². The highest BCUT2D eigenvalue weighted by molar-refractivity contribution is 5.83. The van der Waals surface area contributed by atoms with Crippen LogP contribution < -0.4 is 15.2 Å². The van der Waals surface area contributed by atoms with E-state index in [0.717, 1.165) is 61.0 Å². The predicted molar refractivity (Wildman–Crippen MR) is 148 cm³/mol. The predicted octanol–water partition coefficient (Wildman–Crippen LogP) is 6.23. The summed E-state index contributed by atoms with van der Waals surface area (Å²) in [4.78, 5) is 2.18. The summed E-state index contributed by atoms with van der Waals surface area (Å²) in [5.74, 6) is 1.22. The fraction of sp³-hybridized carbons (Fsp3) is 0.419. The van der Waals surface area contributed by atoms with Gasteiger partial charge in [-0.3, -0.25) is 0 Å². The molecule has 3 aromatic carbocycles. The Kier molecular flexibility index (Phi) is 8.59. The van der Waals surface area contributed by atoms with Crippen LogP contribution in [0.4, 0.5) is 10.1 Å². The van der Waals surface area contributed by atoms with Gasteiger partial charge in [-0.05, 0) is 90.7 Å². The molecule has 0 aliphatic heterocycles. The maximum atomic E-state index is 15.0. The third-order valence-electron chi connectivity index (χ3n) is 7.10. The van der Waals surface area contributed by atoms with Crippen molar-refractivity contribution in [3.8, 4) is 28.4 Å². The molecule has 37 heavy (non-hydrogen) atoms. The fourth-order valence-electron chi connectivity index (χ4n) is 5.36. The molecule has 0 amide bonds. The first kappa shape index (κ1) is 26.8. The smallest absolute Gasteiger partial charge is 0.165 e. The number of nitrogens with two attached hydrogens (primary N) is 1. The standard InChI is InChI=1S/C31H39FN2O3/c1-20(2)19-34(3)15-16-37-28-13-9-21(18-26(28)32)17-25-24(11-14-29(36-4)31(25)33)30-23-8-6-5-7-22(23)10-12-27(30)35/h9-14,18,20,35H,5-8,15-17,19,33H2,1-4H3. The Morgan fingerprint density at radius 3 is 2.54 bits per heavy atom. The Hall–Kier alpha value is -3.25. The normalized spacial score (nSPS) is 13.2. The second-order valence-electron chi connectivity index (χ2n) is 10.5. The first-order valence-corrected chi connectivity index (χ1v) is 13.2. The number of nitrogens with zero attached hydrogens (tertiary/aromatic N) is 1. The number of ether oxygens (including phenoxy) is 2. The van der Waals surface area contributed by atoms with E-state index in [2.05, 4.69) is 18.7 Å². The van der Waals surface area contributed by atoms with Gasteiger partial charge in [0, 0.05) is 25.1 Å². The van der Waals surface area contributed by atoms with Crippen LogP contribution in [0.3, 0.4) is 0 Å². The molecule has 0 heterocycles. The molecule has 5 nitrogen and oxygen atoms in total. The molecule has 4 rings (SSSR count). The summed E-state index contributed by atoms with van der Waals surface area (Å²) in [6.45, 7) is 6.46. The van der Waals surface area contributed by atoms with Crippen LogP contribution in [0.25, 0.3) is 11.1 Å². The van der Waals surface area contributed by atoms with Crippen molar-refractivity contribution in [1.82, 2.24) is 4.90 Å². The molecule has 0 bridgehead atoms. The van der Waals surface area contributed by atoms with Crippen LogP contribution >= 0.6 is 0 Å². The minimum absolute atomic E-state index is 0.240. The Morgan fingerprint density at radius 2 is 1.81 bits per heavy atom. The molecular weight excluding hydrogens is 467 g/mol. The lowest BCUT2D eigenvalue weighted by atomic mass is 9.83. The monoisotopic (exact) mass is 506 g/mol. The van der Waals surface area contributed by atoms with E-state index < -0.39 is 5.82 Å². The Morgan fingerprint density at radius 1 is 1.05 bits per heavy atom. The van der Waals surface area contributed by atoms with Gasteiger partial charge in [0.15, 0.2) is 11.6 Å². The lowest BCUT2D eigenvalue weighted by Crippen LogP contribution is -2.28. The minimum Gasteiger partial charge on any atom is -0.507 e. The van der Waals surface area contributed by atoms with Crippen molar-refractivity contribution >= 4 is 5.69 Å². The van der Waals surface area contributed by atoms with Crippen LogP contribution in [0, 0.1) is 11.7 Å². The van der Waals surface area contributed by atoms with Crippen molar-refractivity contribution < 1.29 is 19.0 Å². The largest absolute Gasteiger partial charge is 0.507 e. The van der Waals surface area contributed by atoms with Crippen LogP contribution in [-0.2, 0) is 19.3 Å². The topological polar surface area (TPSA) is 68.0 Å². The van der Waals surface area contributed by atoms with Gasteiger partial charge in [-0.15, -0.1) is 0 Å². The number of aromatic hydroxyl groups is 1. The lowest BCUT2D eigenvalue weighted by Gasteiger charge is -2.23. The third kappa shape index (κ3) is 6.19. The number of methoxy groups -OCH3 is 1. The average Bonchev–Trinajstić information content (AvgIpc) is 2.86. The molecule has 0 radical (unpaired) electrons. The van der Waals surface area contributed by atoms with Crippen molar-refractivity contribution in [2.24, 2.45) is 5.92 Å². The van der Waals surface area contributed by atoms with Gasteiger partial charge in [0.05, 0.1) is 12.8 Å². The van der Waals surface area contributed by atoms with Crippen molar-refractivity contribution in [2.75, 3.05) is 39.6 Å². The number of fused-ring (bicyclic) bond motifs is 1. The minimum atomic E-state index is -0.396. The lowest BCUT2D eigenvalue weighted by molar-refractivity contribution is 0.217. The Bertz CT molecular complexity index is 1240. The fourth-order valence-corrected chi connectivity index (χ4v) is 5.36. The first-order valence-electron chi connectivity index (χ1n) is 13.2. The average molecular weight is 507 g/mol. The molecule has 1 aliphatic carbocycles. The zero-order valence-electron chi connectivity index (χ0n) is 22.4. The van der Waals surface area contributed by atoms with E-state index in [1.54, 1.807) is 19.2 Å².